The van der Waals surface area contributed by atoms with Gasteiger partial charge in [0.25, 0.3) is 0 Å². The fourth-order valence-electron chi connectivity index (χ4n) is 1.33. The summed E-state index contributed by atoms with van der Waals surface area (Å²) in [7, 11) is 0. The lowest BCUT2D eigenvalue weighted by Gasteiger charge is -2.18. The maximum Gasteiger partial charge on any atom is 0.407 e. The predicted octanol–water partition coefficient (Wildman–Crippen LogP) is 1.65. The van der Waals surface area contributed by atoms with Gasteiger partial charge >= 0.3 is 6.09 Å². The molecule has 1 aromatic rings. The number of rotatable bonds is 5. The molecule has 0 saturated heterocycles. The quantitative estimate of drug-likeness (QED) is 0.802. The summed E-state index contributed by atoms with van der Waals surface area (Å²) in [5.74, 6) is -0.326. The number of carboxylic acid groups (broad SMARTS) is 1. The van der Waals surface area contributed by atoms with Crippen molar-refractivity contribution in [3.63, 3.8) is 0 Å². The number of hydrogen-bond donors (Lipinski definition) is 2. The van der Waals surface area contributed by atoms with Gasteiger partial charge < -0.3 is 15.7 Å². The molecule has 88 valence electrons. The fraction of sp³-hybridized carbons (Fsp3) is 0.364. The topological polar surface area (TPSA) is 66.6 Å². The van der Waals surface area contributed by atoms with Crippen LogP contribution in [0.5, 0.6) is 0 Å². The van der Waals surface area contributed by atoms with Gasteiger partial charge in [0.1, 0.15) is 5.82 Å². The Morgan fingerprint density at radius 1 is 1.38 bits per heavy atom. The normalized spacial score (nSPS) is 10.1. The molecule has 1 aromatic carbocycles. The smallest absolute Gasteiger partial charge is 0.407 e. The number of amides is 1. The van der Waals surface area contributed by atoms with Crippen molar-refractivity contribution in [1.29, 1.82) is 0 Å². The standard InChI is InChI=1S/C11H15FN2O2/c12-10-4-2-9(3-5-10)8-14(11(15)16)7-1-6-13/h2-5H,1,6-8,13H2,(H,15,16). The van der Waals surface area contributed by atoms with Crippen molar-refractivity contribution in [2.45, 2.75) is 13.0 Å². The molecule has 1 rings (SSSR count). The van der Waals surface area contributed by atoms with Crippen LogP contribution in [-0.4, -0.2) is 29.2 Å². The van der Waals surface area contributed by atoms with Crippen LogP contribution in [0, 0.1) is 5.82 Å². The fourth-order valence-corrected chi connectivity index (χ4v) is 1.33. The molecule has 0 atom stereocenters. The van der Waals surface area contributed by atoms with E-state index in [1.54, 1.807) is 12.1 Å². The first-order valence-corrected chi connectivity index (χ1v) is 5.06. The Kier molecular flexibility index (Phi) is 4.72. The molecule has 0 aliphatic rings. The monoisotopic (exact) mass is 226 g/mol. The zero-order chi connectivity index (χ0) is 12.0. The van der Waals surface area contributed by atoms with Crippen LogP contribution < -0.4 is 5.73 Å². The van der Waals surface area contributed by atoms with Gasteiger partial charge in [-0.25, -0.2) is 9.18 Å². The van der Waals surface area contributed by atoms with E-state index in [1.165, 1.54) is 17.0 Å². The molecule has 0 aromatic heterocycles. The molecule has 0 fully saturated rings. The molecule has 0 aliphatic carbocycles. The molecule has 0 unspecified atom stereocenters. The van der Waals surface area contributed by atoms with Crippen LogP contribution in [0.1, 0.15) is 12.0 Å². The van der Waals surface area contributed by atoms with Crippen molar-refractivity contribution in [3.05, 3.63) is 35.6 Å². The van der Waals surface area contributed by atoms with E-state index in [0.717, 1.165) is 5.56 Å². The molecule has 5 heteroatoms. The van der Waals surface area contributed by atoms with E-state index in [4.69, 9.17) is 10.8 Å². The number of nitrogens with two attached hydrogens (primary N) is 1. The zero-order valence-electron chi connectivity index (χ0n) is 8.90. The van der Waals surface area contributed by atoms with Gasteiger partial charge in [-0.3, -0.25) is 0 Å². The van der Waals surface area contributed by atoms with Crippen LogP contribution in [0.4, 0.5) is 9.18 Å². The first-order valence-electron chi connectivity index (χ1n) is 5.06. The summed E-state index contributed by atoms with van der Waals surface area (Å²) in [6, 6.07) is 5.79. The zero-order valence-corrected chi connectivity index (χ0v) is 8.90. The number of nitrogens with zero attached hydrogens (tertiary/aromatic N) is 1. The van der Waals surface area contributed by atoms with Crippen molar-refractivity contribution in [2.75, 3.05) is 13.1 Å². The second-order valence-electron chi connectivity index (χ2n) is 3.47. The third kappa shape index (κ3) is 3.86. The molecule has 3 N–H and O–H groups in total. The summed E-state index contributed by atoms with van der Waals surface area (Å²) in [6.07, 6.45) is -0.370. The molecule has 0 aliphatic heterocycles. The van der Waals surface area contributed by atoms with Gasteiger partial charge in [-0.05, 0) is 30.7 Å². The van der Waals surface area contributed by atoms with Gasteiger partial charge in [-0.2, -0.15) is 0 Å². The summed E-state index contributed by atoms with van der Waals surface area (Å²) in [4.78, 5) is 12.2. The second-order valence-corrected chi connectivity index (χ2v) is 3.47. The Hall–Kier alpha value is -1.62. The summed E-state index contributed by atoms with van der Waals surface area (Å²) in [5, 5.41) is 8.93. The van der Waals surface area contributed by atoms with Crippen LogP contribution >= 0.6 is 0 Å². The van der Waals surface area contributed by atoms with E-state index in [9.17, 15) is 9.18 Å². The van der Waals surface area contributed by atoms with E-state index in [2.05, 4.69) is 0 Å². The summed E-state index contributed by atoms with van der Waals surface area (Å²) in [5.41, 5.74) is 6.09. The van der Waals surface area contributed by atoms with Crippen LogP contribution in [0.3, 0.4) is 0 Å². The largest absolute Gasteiger partial charge is 0.465 e. The second kappa shape index (κ2) is 6.07. The van der Waals surface area contributed by atoms with Gasteiger partial charge in [-0.15, -0.1) is 0 Å². The molecule has 0 heterocycles. The average Bonchev–Trinajstić information content (AvgIpc) is 2.26. The molecular weight excluding hydrogens is 211 g/mol. The Bertz CT molecular complexity index is 340. The van der Waals surface area contributed by atoms with Crippen LogP contribution in [-0.2, 0) is 6.54 Å². The molecule has 0 saturated carbocycles. The Morgan fingerprint density at radius 3 is 2.50 bits per heavy atom. The van der Waals surface area contributed by atoms with Crippen LogP contribution in [0.2, 0.25) is 0 Å². The third-order valence-corrected chi connectivity index (χ3v) is 2.19. The van der Waals surface area contributed by atoms with Crippen molar-refractivity contribution in [2.24, 2.45) is 5.73 Å². The highest BCUT2D eigenvalue weighted by molar-refractivity contribution is 5.64. The number of benzene rings is 1. The molecule has 0 spiro atoms. The number of carbonyl (C=O) groups is 1. The van der Waals surface area contributed by atoms with Crippen molar-refractivity contribution in [3.8, 4) is 0 Å². The molecular formula is C11H15FN2O2. The SMILES string of the molecule is NCCCN(Cc1ccc(F)cc1)C(=O)O. The summed E-state index contributed by atoms with van der Waals surface area (Å²) < 4.78 is 12.6. The minimum absolute atomic E-state index is 0.260. The number of halogens is 1. The van der Waals surface area contributed by atoms with E-state index >= 15 is 0 Å². The lowest BCUT2D eigenvalue weighted by atomic mass is 10.2. The van der Waals surface area contributed by atoms with Gasteiger partial charge in [0, 0.05) is 13.1 Å². The Morgan fingerprint density at radius 2 is 2.00 bits per heavy atom. The molecule has 16 heavy (non-hydrogen) atoms. The highest BCUT2D eigenvalue weighted by Crippen LogP contribution is 2.07. The summed E-state index contributed by atoms with van der Waals surface area (Å²) >= 11 is 0. The van der Waals surface area contributed by atoms with Crippen molar-refractivity contribution >= 4 is 6.09 Å². The molecule has 4 nitrogen and oxygen atoms in total. The highest BCUT2D eigenvalue weighted by atomic mass is 19.1. The molecule has 1 amide bonds. The maximum absolute atomic E-state index is 12.6. The van der Waals surface area contributed by atoms with Gasteiger partial charge in [-0.1, -0.05) is 12.1 Å². The van der Waals surface area contributed by atoms with Crippen molar-refractivity contribution < 1.29 is 14.3 Å². The maximum atomic E-state index is 12.6. The summed E-state index contributed by atoms with van der Waals surface area (Å²) in [6.45, 7) is 1.10. The molecule has 0 bridgehead atoms. The Labute approximate surface area is 93.5 Å². The van der Waals surface area contributed by atoms with Crippen molar-refractivity contribution in [1.82, 2.24) is 4.90 Å². The molecule has 0 radical (unpaired) electrons. The van der Waals surface area contributed by atoms with E-state index in [1.807, 2.05) is 0 Å². The van der Waals surface area contributed by atoms with E-state index in [0.29, 0.717) is 19.5 Å². The third-order valence-electron chi connectivity index (χ3n) is 2.19. The van der Waals surface area contributed by atoms with Gasteiger partial charge in [0.05, 0.1) is 0 Å². The van der Waals surface area contributed by atoms with Gasteiger partial charge in [0.15, 0.2) is 0 Å². The predicted molar refractivity (Wildman–Crippen MR) is 58.5 cm³/mol. The van der Waals surface area contributed by atoms with E-state index in [-0.39, 0.29) is 12.4 Å². The Balaban J connectivity index is 2.60. The minimum Gasteiger partial charge on any atom is -0.465 e. The first kappa shape index (κ1) is 12.4. The lowest BCUT2D eigenvalue weighted by Crippen LogP contribution is -2.31. The van der Waals surface area contributed by atoms with Gasteiger partial charge in [0.2, 0.25) is 0 Å². The minimum atomic E-state index is -0.988. The average molecular weight is 226 g/mol. The van der Waals surface area contributed by atoms with Crippen LogP contribution in [0.25, 0.3) is 0 Å². The number of hydrogen-bond acceptors (Lipinski definition) is 2. The highest BCUT2D eigenvalue weighted by Gasteiger charge is 2.11. The van der Waals surface area contributed by atoms with Crippen LogP contribution in [0.15, 0.2) is 24.3 Å². The first-order chi connectivity index (χ1) is 7.63. The lowest BCUT2D eigenvalue weighted by molar-refractivity contribution is 0.142. The van der Waals surface area contributed by atoms with E-state index < -0.39 is 6.09 Å².